The highest BCUT2D eigenvalue weighted by Gasteiger charge is 2.28. The molecule has 1 aliphatic carbocycles. The van der Waals surface area contributed by atoms with Gasteiger partial charge in [-0.15, -0.1) is 0 Å². The summed E-state index contributed by atoms with van der Waals surface area (Å²) in [6.45, 7) is 4.68. The summed E-state index contributed by atoms with van der Waals surface area (Å²) in [5, 5.41) is 3.37. The van der Waals surface area contributed by atoms with E-state index in [1.165, 1.54) is 38.5 Å². The molecule has 2 fully saturated rings. The number of carbonyl (C=O) groups is 1. The molecule has 2 aliphatic rings. The molecular weight excluding hydrogens is 200 g/mol. The molecule has 0 aromatic carbocycles. The van der Waals surface area contributed by atoms with Gasteiger partial charge in [-0.1, -0.05) is 12.8 Å². The maximum Gasteiger partial charge on any atom is 0.236 e. The average Bonchev–Trinajstić information content (AvgIpc) is 3.09. The molecule has 0 aromatic heterocycles. The minimum absolute atomic E-state index is 0.300. The normalized spacial score (nSPS) is 23.9. The Morgan fingerprint density at radius 3 is 2.44 bits per heavy atom. The van der Waals surface area contributed by atoms with Gasteiger partial charge in [-0.05, 0) is 38.5 Å². The topological polar surface area (TPSA) is 32.3 Å². The van der Waals surface area contributed by atoms with Crippen LogP contribution in [0, 0.1) is 5.92 Å². The van der Waals surface area contributed by atoms with E-state index in [2.05, 4.69) is 12.2 Å². The molecule has 0 spiro atoms. The molecule has 0 radical (unpaired) electrons. The minimum Gasteiger partial charge on any atom is -0.342 e. The van der Waals surface area contributed by atoms with Gasteiger partial charge < -0.3 is 10.2 Å². The fourth-order valence-corrected chi connectivity index (χ4v) is 2.44. The Bertz CT molecular complexity index is 230. The van der Waals surface area contributed by atoms with Crippen LogP contribution in [0.1, 0.15) is 45.4 Å². The van der Waals surface area contributed by atoms with E-state index in [1.54, 1.807) is 0 Å². The molecule has 1 heterocycles. The van der Waals surface area contributed by atoms with E-state index in [4.69, 9.17) is 0 Å². The third-order valence-electron chi connectivity index (χ3n) is 3.86. The van der Waals surface area contributed by atoms with Gasteiger partial charge in [0.2, 0.25) is 5.91 Å². The molecule has 1 aliphatic heterocycles. The zero-order valence-electron chi connectivity index (χ0n) is 10.4. The highest BCUT2D eigenvalue weighted by atomic mass is 16.2. The van der Waals surface area contributed by atoms with E-state index >= 15 is 0 Å². The van der Waals surface area contributed by atoms with Crippen LogP contribution in [-0.2, 0) is 4.79 Å². The van der Waals surface area contributed by atoms with Crippen LogP contribution < -0.4 is 5.32 Å². The molecule has 1 amide bonds. The maximum atomic E-state index is 12.0. The van der Waals surface area contributed by atoms with Crippen molar-refractivity contribution in [3.63, 3.8) is 0 Å². The van der Waals surface area contributed by atoms with Crippen molar-refractivity contribution in [1.82, 2.24) is 10.2 Å². The second-order valence-corrected chi connectivity index (χ2v) is 5.30. The van der Waals surface area contributed by atoms with E-state index in [1.807, 2.05) is 4.90 Å². The molecule has 1 atom stereocenters. The molecule has 1 N–H and O–H groups in total. The van der Waals surface area contributed by atoms with E-state index in [9.17, 15) is 4.79 Å². The predicted molar refractivity (Wildman–Crippen MR) is 65.2 cm³/mol. The van der Waals surface area contributed by atoms with Crippen LogP contribution in [0.4, 0.5) is 0 Å². The van der Waals surface area contributed by atoms with Gasteiger partial charge in [-0.25, -0.2) is 0 Å². The molecule has 2 rings (SSSR count). The second-order valence-electron chi connectivity index (χ2n) is 5.30. The molecule has 1 saturated heterocycles. The van der Waals surface area contributed by atoms with E-state index in [0.29, 0.717) is 18.5 Å². The van der Waals surface area contributed by atoms with Gasteiger partial charge in [0.15, 0.2) is 0 Å². The summed E-state index contributed by atoms with van der Waals surface area (Å²) < 4.78 is 0. The number of hydrogen-bond donors (Lipinski definition) is 1. The number of rotatable bonds is 4. The largest absolute Gasteiger partial charge is 0.342 e. The van der Waals surface area contributed by atoms with Crippen LogP contribution in [0.2, 0.25) is 0 Å². The summed E-state index contributed by atoms with van der Waals surface area (Å²) in [7, 11) is 0. The zero-order valence-corrected chi connectivity index (χ0v) is 10.4. The predicted octanol–water partition coefficient (Wildman–Crippen LogP) is 1.78. The lowest BCUT2D eigenvalue weighted by molar-refractivity contribution is -0.130. The quantitative estimate of drug-likeness (QED) is 0.789. The fraction of sp³-hybridized carbons (Fsp3) is 0.923. The van der Waals surface area contributed by atoms with Crippen molar-refractivity contribution in [2.24, 2.45) is 5.92 Å². The van der Waals surface area contributed by atoms with Crippen LogP contribution in [0.5, 0.6) is 0 Å². The monoisotopic (exact) mass is 224 g/mol. The van der Waals surface area contributed by atoms with Crippen molar-refractivity contribution >= 4 is 5.91 Å². The highest BCUT2D eigenvalue weighted by molar-refractivity contribution is 5.78. The number of nitrogens with zero attached hydrogens (tertiary/aromatic N) is 1. The first-order valence-electron chi connectivity index (χ1n) is 6.78. The number of nitrogens with one attached hydrogen (secondary N) is 1. The first-order chi connectivity index (χ1) is 7.77. The third-order valence-corrected chi connectivity index (χ3v) is 3.86. The second kappa shape index (κ2) is 5.67. The van der Waals surface area contributed by atoms with Gasteiger partial charge in [0, 0.05) is 19.1 Å². The van der Waals surface area contributed by atoms with Crippen LogP contribution in [-0.4, -0.2) is 36.5 Å². The minimum atomic E-state index is 0.300. The van der Waals surface area contributed by atoms with Crippen LogP contribution in [0.25, 0.3) is 0 Å². The molecule has 3 heteroatoms. The first kappa shape index (κ1) is 11.9. The van der Waals surface area contributed by atoms with Crippen molar-refractivity contribution in [2.75, 3.05) is 19.6 Å². The molecule has 92 valence electrons. The smallest absolute Gasteiger partial charge is 0.236 e. The summed E-state index contributed by atoms with van der Waals surface area (Å²) in [4.78, 5) is 14.0. The standard InChI is InChI=1S/C13H24N2O/c1-11(12-6-7-12)14-10-13(16)15-8-4-2-3-5-9-15/h11-12,14H,2-10H2,1H3. The first-order valence-corrected chi connectivity index (χ1v) is 6.78. The Hall–Kier alpha value is -0.570. The third kappa shape index (κ3) is 3.48. The number of hydrogen-bond acceptors (Lipinski definition) is 2. The average molecular weight is 224 g/mol. The molecule has 0 aromatic rings. The summed E-state index contributed by atoms with van der Waals surface area (Å²) in [6.07, 6.45) is 7.62. The number of carbonyl (C=O) groups excluding carboxylic acids is 1. The summed E-state index contributed by atoms with van der Waals surface area (Å²) >= 11 is 0. The van der Waals surface area contributed by atoms with Crippen molar-refractivity contribution in [1.29, 1.82) is 0 Å². The van der Waals surface area contributed by atoms with Crippen molar-refractivity contribution in [3.05, 3.63) is 0 Å². The summed E-state index contributed by atoms with van der Waals surface area (Å²) in [5.41, 5.74) is 0. The van der Waals surface area contributed by atoms with Crippen LogP contribution in [0.15, 0.2) is 0 Å². The van der Waals surface area contributed by atoms with Gasteiger partial charge in [-0.2, -0.15) is 0 Å². The summed E-state index contributed by atoms with van der Waals surface area (Å²) in [6, 6.07) is 0.524. The molecule has 3 nitrogen and oxygen atoms in total. The Morgan fingerprint density at radius 2 is 1.88 bits per heavy atom. The lowest BCUT2D eigenvalue weighted by atomic mass is 10.2. The highest BCUT2D eigenvalue weighted by Crippen LogP contribution is 2.32. The van der Waals surface area contributed by atoms with Gasteiger partial charge in [0.25, 0.3) is 0 Å². The zero-order chi connectivity index (χ0) is 11.4. The van der Waals surface area contributed by atoms with Gasteiger partial charge in [-0.3, -0.25) is 4.79 Å². The van der Waals surface area contributed by atoms with E-state index < -0.39 is 0 Å². The Kier molecular flexibility index (Phi) is 4.22. The molecule has 16 heavy (non-hydrogen) atoms. The maximum absolute atomic E-state index is 12.0. The number of amides is 1. The fourth-order valence-electron chi connectivity index (χ4n) is 2.44. The molecule has 1 saturated carbocycles. The van der Waals surface area contributed by atoms with Crippen molar-refractivity contribution < 1.29 is 4.79 Å². The summed E-state index contributed by atoms with van der Waals surface area (Å²) in [5.74, 6) is 1.13. The van der Waals surface area contributed by atoms with E-state index in [0.717, 1.165) is 19.0 Å². The van der Waals surface area contributed by atoms with Crippen molar-refractivity contribution in [2.45, 2.75) is 51.5 Å². The Morgan fingerprint density at radius 1 is 1.25 bits per heavy atom. The molecular formula is C13H24N2O. The van der Waals surface area contributed by atoms with Crippen LogP contribution in [0.3, 0.4) is 0 Å². The SMILES string of the molecule is CC(NCC(=O)N1CCCCCC1)C1CC1. The Labute approximate surface area is 98.6 Å². The lowest BCUT2D eigenvalue weighted by Crippen LogP contribution is -2.41. The Balaban J connectivity index is 1.68. The van der Waals surface area contributed by atoms with Gasteiger partial charge >= 0.3 is 0 Å². The van der Waals surface area contributed by atoms with E-state index in [-0.39, 0.29) is 0 Å². The molecule has 1 unspecified atom stereocenters. The van der Waals surface area contributed by atoms with Gasteiger partial charge in [0.05, 0.1) is 6.54 Å². The van der Waals surface area contributed by atoms with Gasteiger partial charge in [0.1, 0.15) is 0 Å². The number of likely N-dealkylation sites (tertiary alicyclic amines) is 1. The van der Waals surface area contributed by atoms with Crippen LogP contribution >= 0.6 is 0 Å². The lowest BCUT2D eigenvalue weighted by Gasteiger charge is -2.22. The van der Waals surface area contributed by atoms with Crippen molar-refractivity contribution in [3.8, 4) is 0 Å². The molecule has 0 bridgehead atoms.